The Balaban J connectivity index is 2.55. The van der Waals surface area contributed by atoms with Crippen molar-refractivity contribution in [1.82, 2.24) is 4.90 Å². The third-order valence-electron chi connectivity index (χ3n) is 2.69. The van der Waals surface area contributed by atoms with E-state index in [1.165, 1.54) is 5.56 Å². The van der Waals surface area contributed by atoms with E-state index in [9.17, 15) is 0 Å². The number of nitrogen functional groups attached to an aromatic ring is 1. The third-order valence-corrected chi connectivity index (χ3v) is 2.69. The van der Waals surface area contributed by atoms with Crippen molar-refractivity contribution in [3.63, 3.8) is 0 Å². The van der Waals surface area contributed by atoms with Crippen molar-refractivity contribution < 1.29 is 0 Å². The van der Waals surface area contributed by atoms with E-state index in [1.54, 1.807) is 0 Å². The minimum Gasteiger partial charge on any atom is -0.397 e. The quantitative estimate of drug-likeness (QED) is 0.772. The summed E-state index contributed by atoms with van der Waals surface area (Å²) in [6, 6.07) is 6.23. The Morgan fingerprint density at radius 3 is 2.38 bits per heavy atom. The summed E-state index contributed by atoms with van der Waals surface area (Å²) in [4.78, 5) is 4.42. The molecule has 3 nitrogen and oxygen atoms in total. The lowest BCUT2D eigenvalue weighted by Crippen LogP contribution is -2.24. The molecule has 90 valence electrons. The molecule has 2 N–H and O–H groups in total. The van der Waals surface area contributed by atoms with Gasteiger partial charge in [-0.3, -0.25) is 0 Å². The predicted octanol–water partition coefficient (Wildman–Crippen LogP) is 1.97. The van der Waals surface area contributed by atoms with Crippen LogP contribution in [0.5, 0.6) is 0 Å². The number of aryl methyl sites for hydroxylation is 1. The van der Waals surface area contributed by atoms with E-state index in [4.69, 9.17) is 5.73 Å². The zero-order valence-corrected chi connectivity index (χ0v) is 10.8. The van der Waals surface area contributed by atoms with Crippen molar-refractivity contribution in [1.29, 1.82) is 0 Å². The second-order valence-electron chi connectivity index (χ2n) is 4.64. The van der Waals surface area contributed by atoms with E-state index < -0.39 is 0 Å². The Morgan fingerprint density at radius 1 is 1.12 bits per heavy atom. The Labute approximate surface area is 98.8 Å². The largest absolute Gasteiger partial charge is 0.397 e. The molecule has 0 bridgehead atoms. The van der Waals surface area contributed by atoms with Crippen LogP contribution < -0.4 is 10.6 Å². The van der Waals surface area contributed by atoms with Gasteiger partial charge < -0.3 is 15.5 Å². The molecule has 1 aromatic rings. The normalized spacial score (nSPS) is 10.8. The summed E-state index contributed by atoms with van der Waals surface area (Å²) in [7, 11) is 6.29. The highest BCUT2D eigenvalue weighted by molar-refractivity contribution is 5.68. The van der Waals surface area contributed by atoms with Gasteiger partial charge in [-0.25, -0.2) is 0 Å². The molecule has 0 saturated heterocycles. The summed E-state index contributed by atoms with van der Waals surface area (Å²) in [5.74, 6) is 0. The van der Waals surface area contributed by atoms with E-state index in [0.29, 0.717) is 0 Å². The van der Waals surface area contributed by atoms with Gasteiger partial charge in [0.25, 0.3) is 0 Å². The van der Waals surface area contributed by atoms with E-state index in [0.717, 1.165) is 30.9 Å². The predicted molar refractivity (Wildman–Crippen MR) is 72.0 cm³/mol. The molecule has 16 heavy (non-hydrogen) atoms. The summed E-state index contributed by atoms with van der Waals surface area (Å²) in [5, 5.41) is 0. The van der Waals surface area contributed by atoms with Crippen molar-refractivity contribution in [2.45, 2.75) is 13.3 Å². The van der Waals surface area contributed by atoms with Gasteiger partial charge in [0.2, 0.25) is 0 Å². The van der Waals surface area contributed by atoms with Gasteiger partial charge >= 0.3 is 0 Å². The number of nitrogens with two attached hydrogens (primary N) is 1. The summed E-state index contributed by atoms with van der Waals surface area (Å²) in [6.45, 7) is 4.20. The minimum absolute atomic E-state index is 0.868. The molecule has 0 fully saturated rings. The summed E-state index contributed by atoms with van der Waals surface area (Å²) in [6.07, 6.45) is 1.15. The van der Waals surface area contributed by atoms with E-state index in [1.807, 2.05) is 6.07 Å². The number of hydrogen-bond donors (Lipinski definition) is 1. The highest BCUT2D eigenvalue weighted by atomic mass is 15.1. The fraction of sp³-hybridized carbons (Fsp3) is 0.538. The third kappa shape index (κ3) is 3.74. The summed E-state index contributed by atoms with van der Waals surface area (Å²) in [5.41, 5.74) is 9.21. The van der Waals surface area contributed by atoms with Crippen molar-refractivity contribution in [2.24, 2.45) is 0 Å². The highest BCUT2D eigenvalue weighted by Gasteiger charge is 2.04. The second kappa shape index (κ2) is 5.75. The highest BCUT2D eigenvalue weighted by Crippen LogP contribution is 2.22. The maximum absolute atomic E-state index is 6.00. The summed E-state index contributed by atoms with van der Waals surface area (Å²) < 4.78 is 0. The second-order valence-corrected chi connectivity index (χ2v) is 4.64. The lowest BCUT2D eigenvalue weighted by molar-refractivity contribution is 0.402. The SMILES string of the molecule is Cc1ccc(N(C)CCCN(C)C)c(N)c1. The van der Waals surface area contributed by atoms with E-state index in [-0.39, 0.29) is 0 Å². The smallest absolute Gasteiger partial charge is 0.0597 e. The van der Waals surface area contributed by atoms with Gasteiger partial charge in [0.05, 0.1) is 11.4 Å². The van der Waals surface area contributed by atoms with Crippen LogP contribution in [0.1, 0.15) is 12.0 Å². The van der Waals surface area contributed by atoms with Crippen LogP contribution in [0.15, 0.2) is 18.2 Å². The number of hydrogen-bond acceptors (Lipinski definition) is 3. The molecule has 0 radical (unpaired) electrons. The fourth-order valence-electron chi connectivity index (χ4n) is 1.77. The first kappa shape index (κ1) is 12.8. The van der Waals surface area contributed by atoms with Gasteiger partial charge in [-0.1, -0.05) is 6.07 Å². The molecule has 0 saturated carbocycles. The molecule has 0 heterocycles. The molecule has 0 spiro atoms. The Kier molecular flexibility index (Phi) is 4.62. The van der Waals surface area contributed by atoms with Gasteiger partial charge in [-0.05, 0) is 51.7 Å². The molecule has 0 aliphatic carbocycles. The zero-order valence-electron chi connectivity index (χ0n) is 10.8. The van der Waals surface area contributed by atoms with Crippen LogP contribution in [0.3, 0.4) is 0 Å². The van der Waals surface area contributed by atoms with Gasteiger partial charge in [0, 0.05) is 13.6 Å². The molecule has 1 rings (SSSR count). The lowest BCUT2D eigenvalue weighted by atomic mass is 10.2. The molecule has 0 amide bonds. The Morgan fingerprint density at radius 2 is 1.81 bits per heavy atom. The van der Waals surface area contributed by atoms with Gasteiger partial charge in [-0.2, -0.15) is 0 Å². The topological polar surface area (TPSA) is 32.5 Å². The van der Waals surface area contributed by atoms with Crippen LogP contribution in [0.25, 0.3) is 0 Å². The van der Waals surface area contributed by atoms with Crippen LogP contribution in [-0.2, 0) is 0 Å². The van der Waals surface area contributed by atoms with Gasteiger partial charge in [-0.15, -0.1) is 0 Å². The first-order valence-electron chi connectivity index (χ1n) is 5.72. The number of rotatable bonds is 5. The number of nitrogens with zero attached hydrogens (tertiary/aromatic N) is 2. The molecule has 1 aromatic carbocycles. The Bertz CT molecular complexity index is 334. The first-order valence-corrected chi connectivity index (χ1v) is 5.72. The Hall–Kier alpha value is -1.22. The molecule has 3 heteroatoms. The van der Waals surface area contributed by atoms with Gasteiger partial charge in [0.15, 0.2) is 0 Å². The maximum Gasteiger partial charge on any atom is 0.0597 e. The average molecular weight is 221 g/mol. The van der Waals surface area contributed by atoms with Crippen LogP contribution in [0.4, 0.5) is 11.4 Å². The van der Waals surface area contributed by atoms with E-state index in [2.05, 4.69) is 50.0 Å². The average Bonchev–Trinajstić information content (AvgIpc) is 2.16. The molecular weight excluding hydrogens is 198 g/mol. The van der Waals surface area contributed by atoms with Crippen LogP contribution in [0, 0.1) is 6.92 Å². The maximum atomic E-state index is 6.00. The van der Waals surface area contributed by atoms with Crippen LogP contribution in [-0.4, -0.2) is 39.1 Å². The van der Waals surface area contributed by atoms with Crippen molar-refractivity contribution in [3.8, 4) is 0 Å². The van der Waals surface area contributed by atoms with Crippen molar-refractivity contribution in [3.05, 3.63) is 23.8 Å². The van der Waals surface area contributed by atoms with Crippen LogP contribution >= 0.6 is 0 Å². The summed E-state index contributed by atoms with van der Waals surface area (Å²) >= 11 is 0. The van der Waals surface area contributed by atoms with Gasteiger partial charge in [0.1, 0.15) is 0 Å². The first-order chi connectivity index (χ1) is 7.50. The zero-order chi connectivity index (χ0) is 12.1. The fourth-order valence-corrected chi connectivity index (χ4v) is 1.77. The standard InChI is InChI=1S/C13H23N3/c1-11-6-7-13(12(14)10-11)16(4)9-5-8-15(2)3/h6-7,10H,5,8-9,14H2,1-4H3. The van der Waals surface area contributed by atoms with E-state index >= 15 is 0 Å². The lowest BCUT2D eigenvalue weighted by Gasteiger charge is -2.22. The molecule has 0 aliphatic heterocycles. The number of benzene rings is 1. The van der Waals surface area contributed by atoms with Crippen LogP contribution in [0.2, 0.25) is 0 Å². The number of anilines is 2. The molecular formula is C13H23N3. The monoisotopic (exact) mass is 221 g/mol. The van der Waals surface area contributed by atoms with Crippen molar-refractivity contribution in [2.75, 3.05) is 44.9 Å². The molecule has 0 aliphatic rings. The molecule has 0 unspecified atom stereocenters. The minimum atomic E-state index is 0.868. The molecule has 0 atom stereocenters. The molecule has 0 aromatic heterocycles. The van der Waals surface area contributed by atoms with Crippen molar-refractivity contribution >= 4 is 11.4 Å².